The summed E-state index contributed by atoms with van der Waals surface area (Å²) in [4.78, 5) is 44.4. The number of rotatable bonds is 3. The topological polar surface area (TPSA) is 94.0 Å². The maximum atomic E-state index is 12.6. The van der Waals surface area contributed by atoms with Gasteiger partial charge in [0, 0.05) is 26.2 Å². The summed E-state index contributed by atoms with van der Waals surface area (Å²) in [7, 11) is 1.36. The van der Waals surface area contributed by atoms with Gasteiger partial charge in [-0.1, -0.05) is 0 Å². The molecule has 0 aromatic carbocycles. The molecule has 2 aromatic rings. The molecule has 0 N–H and O–H groups in total. The molecule has 0 aliphatic carbocycles. The molecule has 1 saturated heterocycles. The molecule has 10 heteroatoms. The summed E-state index contributed by atoms with van der Waals surface area (Å²) in [5.74, 6) is 0.0510. The van der Waals surface area contributed by atoms with E-state index in [0.29, 0.717) is 43.0 Å². The molecule has 0 bridgehead atoms. The summed E-state index contributed by atoms with van der Waals surface area (Å²) in [5, 5.41) is 0.340. The lowest BCUT2D eigenvalue weighted by Gasteiger charge is -2.34. The van der Waals surface area contributed by atoms with Gasteiger partial charge in [-0.15, -0.1) is 0 Å². The minimum atomic E-state index is -0.649. The Morgan fingerprint density at radius 2 is 1.93 bits per heavy atom. The molecule has 3 rings (SSSR count). The largest absolute Gasteiger partial charge is 0.462 e. The van der Waals surface area contributed by atoms with Crippen LogP contribution in [-0.2, 0) is 9.47 Å². The van der Waals surface area contributed by atoms with Crippen molar-refractivity contribution in [3.8, 4) is 0 Å². The van der Waals surface area contributed by atoms with Crippen molar-refractivity contribution in [2.45, 2.75) is 6.92 Å². The van der Waals surface area contributed by atoms with E-state index in [-0.39, 0.29) is 18.3 Å². The number of hydrogen-bond acceptors (Lipinski definition) is 7. The van der Waals surface area contributed by atoms with Gasteiger partial charge < -0.3 is 22.8 Å². The number of aromatic nitrogens is 2. The van der Waals surface area contributed by atoms with E-state index in [2.05, 4.69) is 21.5 Å². The lowest BCUT2D eigenvalue weighted by atomic mass is 10.2. The maximum Gasteiger partial charge on any atom is 0.409 e. The standard InChI is InChI=1S/C17H20N4O5.Al/c1-3-26-16(23)12-10-18-15-11(14(12)22)4-5-13(19-15)20-6-8-21(9-7-20)17(24)25-2;/h4-5,10H,3,6-9H2,1-2H3,(H,18,19,22,23);/q;+1/p-1. The summed E-state index contributed by atoms with van der Waals surface area (Å²) in [6.07, 6.45) is 1.07. The van der Waals surface area contributed by atoms with Crippen molar-refractivity contribution in [3.63, 3.8) is 0 Å². The Morgan fingerprint density at radius 3 is 2.56 bits per heavy atom. The van der Waals surface area contributed by atoms with E-state index in [9.17, 15) is 14.4 Å². The first kappa shape index (κ1) is 19.2. The Morgan fingerprint density at radius 1 is 1.22 bits per heavy atom. The zero-order valence-electron chi connectivity index (χ0n) is 15.2. The predicted octanol–water partition coefficient (Wildman–Crippen LogP) is 0.393. The monoisotopic (exact) mass is 386 g/mol. The Bertz CT molecular complexity index is 937. The molecule has 9 nitrogen and oxygen atoms in total. The fourth-order valence-electron chi connectivity index (χ4n) is 2.99. The van der Waals surface area contributed by atoms with Gasteiger partial charge in [0.1, 0.15) is 17.0 Å². The predicted molar refractivity (Wildman–Crippen MR) is 99.3 cm³/mol. The molecule has 0 unspecified atom stereocenters. The van der Waals surface area contributed by atoms with Gasteiger partial charge in [0.25, 0.3) is 0 Å². The van der Waals surface area contributed by atoms with E-state index in [1.54, 1.807) is 27.5 Å². The number of amides is 1. The van der Waals surface area contributed by atoms with E-state index >= 15 is 0 Å². The van der Waals surface area contributed by atoms with E-state index in [4.69, 9.17) is 9.47 Å². The zero-order valence-corrected chi connectivity index (χ0v) is 16.3. The molecule has 2 aromatic heterocycles. The van der Waals surface area contributed by atoms with Crippen LogP contribution in [0.1, 0.15) is 17.3 Å². The molecule has 3 heterocycles. The van der Waals surface area contributed by atoms with Gasteiger partial charge >= 0.3 is 28.6 Å². The first-order valence-electron chi connectivity index (χ1n) is 8.52. The van der Waals surface area contributed by atoms with Gasteiger partial charge in [-0.3, -0.25) is 4.79 Å². The van der Waals surface area contributed by atoms with Crippen LogP contribution in [0.4, 0.5) is 10.6 Å². The maximum absolute atomic E-state index is 12.6. The van der Waals surface area contributed by atoms with E-state index in [1.807, 2.05) is 4.90 Å². The summed E-state index contributed by atoms with van der Waals surface area (Å²) in [6.45, 7) is 4.16. The van der Waals surface area contributed by atoms with Crippen LogP contribution in [0.15, 0.2) is 23.1 Å². The number of anilines is 1. The Labute approximate surface area is 164 Å². The molecular weight excluding hydrogens is 367 g/mol. The van der Waals surface area contributed by atoms with Gasteiger partial charge in [0.15, 0.2) is 0 Å². The van der Waals surface area contributed by atoms with Crippen molar-refractivity contribution in [1.29, 1.82) is 0 Å². The summed E-state index contributed by atoms with van der Waals surface area (Å²) < 4.78 is 11.2. The fourth-order valence-corrected chi connectivity index (χ4v) is 3.34. The molecule has 1 aliphatic heterocycles. The molecule has 27 heavy (non-hydrogen) atoms. The van der Waals surface area contributed by atoms with E-state index in [0.717, 1.165) is 0 Å². The molecule has 2 radical (unpaired) electrons. The molecular formula is C17H19AlN4O5. The third-order valence-electron chi connectivity index (χ3n) is 4.39. The third-order valence-corrected chi connectivity index (χ3v) is 4.79. The van der Waals surface area contributed by atoms with Gasteiger partial charge in [0.05, 0.1) is 19.1 Å². The van der Waals surface area contributed by atoms with E-state index < -0.39 is 11.4 Å². The highest BCUT2D eigenvalue weighted by molar-refractivity contribution is 6.11. The fraction of sp³-hybridized carbons (Fsp3) is 0.412. The number of carbonyl (C=O) groups is 2. The number of carbonyl (C=O) groups excluding carboxylic acids is 2. The average Bonchev–Trinajstić information content (AvgIpc) is 2.70. The molecule has 140 valence electrons. The number of pyridine rings is 2. The van der Waals surface area contributed by atoms with Crippen LogP contribution in [0.3, 0.4) is 0 Å². The minimum Gasteiger partial charge on any atom is -0.462 e. The van der Waals surface area contributed by atoms with E-state index in [1.165, 1.54) is 13.3 Å². The van der Waals surface area contributed by atoms with Crippen molar-refractivity contribution >= 4 is 45.4 Å². The molecule has 1 fully saturated rings. The second-order valence-corrected chi connectivity index (χ2v) is 6.54. The first-order valence-corrected chi connectivity index (χ1v) is 9.04. The van der Waals surface area contributed by atoms with Crippen molar-refractivity contribution in [1.82, 2.24) is 13.4 Å². The lowest BCUT2D eigenvalue weighted by molar-refractivity contribution is 0.0524. The number of nitrogens with zero attached hydrogens (tertiary/aromatic N) is 4. The van der Waals surface area contributed by atoms with Gasteiger partial charge in [-0.25, -0.2) is 14.6 Å². The number of hydrogen-bond donors (Lipinski definition) is 0. The summed E-state index contributed by atoms with van der Waals surface area (Å²) in [5.41, 5.74) is 0.0169. The highest BCUT2D eigenvalue weighted by Gasteiger charge is 2.23. The third kappa shape index (κ3) is 3.77. The number of esters is 1. The van der Waals surface area contributed by atoms with Gasteiger partial charge in [-0.05, 0) is 25.3 Å². The Balaban J connectivity index is 1.89. The van der Waals surface area contributed by atoms with Gasteiger partial charge in [0.2, 0.25) is 5.43 Å². The second-order valence-electron chi connectivity index (χ2n) is 5.98. The molecule has 0 saturated carbocycles. The smallest absolute Gasteiger partial charge is 0.409 e. The Hall–Kier alpha value is -2.57. The quantitative estimate of drug-likeness (QED) is 0.557. The van der Waals surface area contributed by atoms with Crippen molar-refractivity contribution in [2.75, 3.05) is 44.8 Å². The molecule has 0 spiro atoms. The highest BCUT2D eigenvalue weighted by atomic mass is 27.1. The second kappa shape index (κ2) is 7.98. The van der Waals surface area contributed by atoms with Crippen LogP contribution < -0.4 is 10.3 Å². The van der Waals surface area contributed by atoms with Crippen molar-refractivity contribution < 1.29 is 19.1 Å². The summed E-state index contributed by atoms with van der Waals surface area (Å²) in [6, 6.07) is 3.41. The molecule has 1 aliphatic rings. The number of ether oxygens (including phenoxy) is 2. The average molecular weight is 386 g/mol. The van der Waals surface area contributed by atoms with Crippen molar-refractivity contribution in [3.05, 3.63) is 34.1 Å². The zero-order chi connectivity index (χ0) is 19.6. The van der Waals surface area contributed by atoms with Crippen molar-refractivity contribution in [2.24, 2.45) is 0 Å². The van der Waals surface area contributed by atoms with Crippen LogP contribution in [0.25, 0.3) is 11.0 Å². The first-order chi connectivity index (χ1) is 13.0. The minimum absolute atomic E-state index is 0.0272. The molecule has 0 atom stereocenters. The highest BCUT2D eigenvalue weighted by Crippen LogP contribution is 2.18. The number of fused-ring (bicyclic) bond motifs is 1. The van der Waals surface area contributed by atoms with Crippen LogP contribution >= 0.6 is 0 Å². The normalized spacial score (nSPS) is 14.3. The molecule has 1 amide bonds. The number of methoxy groups -OCH3 is 1. The lowest BCUT2D eigenvalue weighted by Crippen LogP contribution is -2.49. The SMILES string of the molecule is CCOC(=O)c1c[n]([Al])c2nc(N3CCN(C(=O)OC)CC3)ccc2c1=O. The summed E-state index contributed by atoms with van der Waals surface area (Å²) >= 11 is 2.44. The van der Waals surface area contributed by atoms with Crippen LogP contribution in [0.5, 0.6) is 0 Å². The Kier molecular flexibility index (Phi) is 5.68. The van der Waals surface area contributed by atoms with Crippen LogP contribution in [0.2, 0.25) is 0 Å². The van der Waals surface area contributed by atoms with Crippen LogP contribution in [0, 0.1) is 0 Å². The van der Waals surface area contributed by atoms with Gasteiger partial charge in [-0.2, -0.15) is 0 Å². The van der Waals surface area contributed by atoms with Crippen LogP contribution in [-0.4, -0.2) is 81.9 Å². The number of piperazine rings is 1.